The fraction of sp³-hybridized carbons (Fsp3) is 0.250. The zero-order valence-electron chi connectivity index (χ0n) is 8.49. The van der Waals surface area contributed by atoms with Crippen molar-refractivity contribution in [3.05, 3.63) is 35.5 Å². The van der Waals surface area contributed by atoms with Crippen molar-refractivity contribution in [2.24, 2.45) is 0 Å². The molecule has 0 aliphatic carbocycles. The van der Waals surface area contributed by atoms with E-state index in [0.29, 0.717) is 0 Å². The van der Waals surface area contributed by atoms with Crippen LogP contribution >= 0.6 is 0 Å². The molecule has 0 N–H and O–H groups in total. The Morgan fingerprint density at radius 3 is 3.00 bits per heavy atom. The van der Waals surface area contributed by atoms with Gasteiger partial charge >= 0.3 is 0 Å². The van der Waals surface area contributed by atoms with Crippen molar-refractivity contribution in [2.75, 3.05) is 5.75 Å². The van der Waals surface area contributed by atoms with Crippen LogP contribution in [0.25, 0.3) is 10.9 Å². The first-order valence-electron chi connectivity index (χ1n) is 5.04. The number of para-hydroxylation sites is 1. The Bertz CT molecular complexity index is 577. The predicted molar refractivity (Wildman–Crippen MR) is 61.5 cm³/mol. The number of fused-ring (bicyclic) bond motifs is 3. The molecule has 0 saturated heterocycles. The van der Waals surface area contributed by atoms with Gasteiger partial charge in [0, 0.05) is 16.8 Å². The quantitative estimate of drug-likeness (QED) is 0.677. The molecule has 1 aromatic carbocycles. The second-order valence-corrected chi connectivity index (χ2v) is 5.33. The maximum absolute atomic E-state index is 11.9. The van der Waals surface area contributed by atoms with E-state index in [4.69, 9.17) is 0 Å². The van der Waals surface area contributed by atoms with E-state index in [1.165, 1.54) is 5.56 Å². The first-order valence-corrected chi connectivity index (χ1v) is 6.36. The molecule has 0 fully saturated rings. The van der Waals surface area contributed by atoms with Crippen LogP contribution in [-0.2, 0) is 17.2 Å². The van der Waals surface area contributed by atoms with E-state index in [-0.39, 0.29) is 0 Å². The van der Waals surface area contributed by atoms with Crippen LogP contribution in [0.5, 0.6) is 0 Å². The molecule has 1 aliphatic rings. The maximum Gasteiger partial charge on any atom is 0.0717 e. The van der Waals surface area contributed by atoms with Crippen LogP contribution in [0.2, 0.25) is 0 Å². The Kier molecular flexibility index (Phi) is 1.89. The molecule has 2 heterocycles. The highest BCUT2D eigenvalue weighted by Gasteiger charge is 2.23. The topological polar surface area (TPSA) is 30.0 Å². The van der Waals surface area contributed by atoms with Gasteiger partial charge in [-0.25, -0.2) is 0 Å². The minimum absolute atomic E-state index is 0.756. The molecule has 1 aromatic heterocycles. The SMILES string of the molecule is Cc1nc2ccccc2c2c1CCS2=O. The fourth-order valence-corrected chi connectivity index (χ4v) is 3.73. The van der Waals surface area contributed by atoms with E-state index in [9.17, 15) is 4.21 Å². The van der Waals surface area contributed by atoms with Gasteiger partial charge in [0.05, 0.1) is 21.2 Å². The largest absolute Gasteiger partial charge is 0.254 e. The third-order valence-corrected chi connectivity index (χ3v) is 4.41. The number of rotatable bonds is 0. The van der Waals surface area contributed by atoms with E-state index >= 15 is 0 Å². The number of hydrogen-bond donors (Lipinski definition) is 0. The van der Waals surface area contributed by atoms with Crippen LogP contribution < -0.4 is 0 Å². The lowest BCUT2D eigenvalue weighted by Crippen LogP contribution is -1.94. The summed E-state index contributed by atoms with van der Waals surface area (Å²) in [6.45, 7) is 2.01. The zero-order valence-corrected chi connectivity index (χ0v) is 9.30. The van der Waals surface area contributed by atoms with E-state index in [1.807, 2.05) is 31.2 Å². The van der Waals surface area contributed by atoms with E-state index in [1.54, 1.807) is 0 Å². The summed E-state index contributed by atoms with van der Waals surface area (Å²) in [5, 5.41) is 1.06. The molecule has 0 spiro atoms. The van der Waals surface area contributed by atoms with Gasteiger partial charge in [0.25, 0.3) is 0 Å². The summed E-state index contributed by atoms with van der Waals surface area (Å²) >= 11 is 0. The summed E-state index contributed by atoms with van der Waals surface area (Å²) in [4.78, 5) is 5.57. The minimum Gasteiger partial charge on any atom is -0.254 e. The molecule has 2 nitrogen and oxygen atoms in total. The smallest absolute Gasteiger partial charge is 0.0717 e. The molecule has 0 saturated carbocycles. The average Bonchev–Trinajstić information content (AvgIpc) is 2.62. The molecular formula is C12H11NOS. The lowest BCUT2D eigenvalue weighted by atomic mass is 10.1. The van der Waals surface area contributed by atoms with Gasteiger partial charge in [-0.05, 0) is 25.0 Å². The molecule has 3 heteroatoms. The normalized spacial score (nSPS) is 19.4. The van der Waals surface area contributed by atoms with Gasteiger partial charge in [0.15, 0.2) is 0 Å². The first-order chi connectivity index (χ1) is 7.27. The third-order valence-electron chi connectivity index (χ3n) is 2.91. The van der Waals surface area contributed by atoms with E-state index < -0.39 is 10.8 Å². The number of nitrogens with zero attached hydrogens (tertiary/aromatic N) is 1. The van der Waals surface area contributed by atoms with Gasteiger partial charge < -0.3 is 0 Å². The molecule has 76 valence electrons. The summed E-state index contributed by atoms with van der Waals surface area (Å²) in [6.07, 6.45) is 0.908. The maximum atomic E-state index is 11.9. The molecule has 2 aromatic rings. The zero-order chi connectivity index (χ0) is 10.4. The standard InChI is InChI=1S/C12H11NOS/c1-8-9-6-7-15(14)12(9)10-4-2-3-5-11(10)13-8/h2-5H,6-7H2,1H3. The van der Waals surface area contributed by atoms with Crippen LogP contribution in [0, 0.1) is 6.92 Å². The number of aryl methyl sites for hydroxylation is 1. The first kappa shape index (κ1) is 9.04. The van der Waals surface area contributed by atoms with Crippen LogP contribution in [0.4, 0.5) is 0 Å². The van der Waals surface area contributed by atoms with Crippen LogP contribution in [0.3, 0.4) is 0 Å². The van der Waals surface area contributed by atoms with Crippen molar-refractivity contribution in [1.82, 2.24) is 4.98 Å². The minimum atomic E-state index is -0.823. The summed E-state index contributed by atoms with van der Waals surface area (Å²) in [7, 11) is -0.823. The van der Waals surface area contributed by atoms with Crippen molar-refractivity contribution in [1.29, 1.82) is 0 Å². The molecule has 1 aliphatic heterocycles. The monoisotopic (exact) mass is 217 g/mol. The summed E-state index contributed by atoms with van der Waals surface area (Å²) in [5.41, 5.74) is 3.20. The lowest BCUT2D eigenvalue weighted by Gasteiger charge is -2.06. The van der Waals surface area contributed by atoms with Gasteiger partial charge in [-0.15, -0.1) is 0 Å². The molecule has 1 unspecified atom stereocenters. The predicted octanol–water partition coefficient (Wildman–Crippen LogP) is 2.21. The summed E-state index contributed by atoms with van der Waals surface area (Å²) in [6, 6.07) is 7.95. The summed E-state index contributed by atoms with van der Waals surface area (Å²) in [5.74, 6) is 0.756. The fourth-order valence-electron chi connectivity index (χ4n) is 2.19. The highest BCUT2D eigenvalue weighted by molar-refractivity contribution is 7.85. The highest BCUT2D eigenvalue weighted by atomic mass is 32.2. The lowest BCUT2D eigenvalue weighted by molar-refractivity contribution is 0.686. The van der Waals surface area contributed by atoms with E-state index in [2.05, 4.69) is 4.98 Å². The Hall–Kier alpha value is -1.22. The molecule has 1 atom stereocenters. The number of benzene rings is 1. The molecule has 0 radical (unpaired) electrons. The number of pyridine rings is 1. The average molecular weight is 217 g/mol. The van der Waals surface area contributed by atoms with Crippen molar-refractivity contribution < 1.29 is 4.21 Å². The summed E-state index contributed by atoms with van der Waals surface area (Å²) < 4.78 is 11.9. The van der Waals surface area contributed by atoms with Gasteiger partial charge in [0.2, 0.25) is 0 Å². The van der Waals surface area contributed by atoms with Crippen LogP contribution in [0.1, 0.15) is 11.3 Å². The van der Waals surface area contributed by atoms with Gasteiger partial charge in [-0.2, -0.15) is 0 Å². The van der Waals surface area contributed by atoms with Crippen LogP contribution in [0.15, 0.2) is 29.2 Å². The third kappa shape index (κ3) is 1.23. The Morgan fingerprint density at radius 2 is 2.13 bits per heavy atom. The second kappa shape index (κ2) is 3.14. The van der Waals surface area contributed by atoms with E-state index in [0.717, 1.165) is 33.7 Å². The van der Waals surface area contributed by atoms with Crippen molar-refractivity contribution in [3.63, 3.8) is 0 Å². The second-order valence-electron chi connectivity index (χ2n) is 3.82. The van der Waals surface area contributed by atoms with Gasteiger partial charge in [0.1, 0.15) is 0 Å². The molecule has 0 amide bonds. The number of aromatic nitrogens is 1. The highest BCUT2D eigenvalue weighted by Crippen LogP contribution is 2.31. The Labute approximate surface area is 90.8 Å². The van der Waals surface area contributed by atoms with Crippen molar-refractivity contribution in [2.45, 2.75) is 18.2 Å². The Morgan fingerprint density at radius 1 is 1.33 bits per heavy atom. The van der Waals surface area contributed by atoms with Gasteiger partial charge in [-0.1, -0.05) is 18.2 Å². The van der Waals surface area contributed by atoms with Crippen molar-refractivity contribution in [3.8, 4) is 0 Å². The molecular weight excluding hydrogens is 206 g/mol. The molecule has 15 heavy (non-hydrogen) atoms. The van der Waals surface area contributed by atoms with Crippen LogP contribution in [-0.4, -0.2) is 14.9 Å². The van der Waals surface area contributed by atoms with Gasteiger partial charge in [-0.3, -0.25) is 9.19 Å². The van der Waals surface area contributed by atoms with Crippen molar-refractivity contribution >= 4 is 21.7 Å². The number of hydrogen-bond acceptors (Lipinski definition) is 2. The molecule has 0 bridgehead atoms. The Balaban J connectivity index is 2.51. The molecule has 3 rings (SSSR count).